The van der Waals surface area contributed by atoms with Crippen LogP contribution < -0.4 is 0 Å². The summed E-state index contributed by atoms with van der Waals surface area (Å²) in [6, 6.07) is 7.74. The number of fused-ring (bicyclic) bond motifs is 1. The first-order valence-corrected chi connectivity index (χ1v) is 5.69. The summed E-state index contributed by atoms with van der Waals surface area (Å²) in [5.74, 6) is 1.40. The third-order valence-corrected chi connectivity index (χ3v) is 3.14. The highest BCUT2D eigenvalue weighted by Crippen LogP contribution is 2.28. The van der Waals surface area contributed by atoms with Crippen molar-refractivity contribution in [3.05, 3.63) is 35.4 Å². The Hall–Kier alpha value is -1.79. The SMILES string of the molecule is C#CCCN1Cc2ccccc2C(C(=O)O)C1. The fourth-order valence-electron chi connectivity index (χ4n) is 2.28. The molecule has 0 aliphatic carbocycles. The zero-order chi connectivity index (χ0) is 12.3. The number of carboxylic acid groups (broad SMARTS) is 1. The molecule has 0 saturated carbocycles. The topological polar surface area (TPSA) is 40.5 Å². The van der Waals surface area contributed by atoms with Gasteiger partial charge in [-0.1, -0.05) is 24.3 Å². The first-order valence-electron chi connectivity index (χ1n) is 5.69. The van der Waals surface area contributed by atoms with Crippen LogP contribution in [0.2, 0.25) is 0 Å². The predicted molar refractivity (Wildman–Crippen MR) is 65.5 cm³/mol. The summed E-state index contributed by atoms with van der Waals surface area (Å²) in [7, 11) is 0. The summed E-state index contributed by atoms with van der Waals surface area (Å²) in [5, 5.41) is 9.26. The van der Waals surface area contributed by atoms with Crippen LogP contribution in [-0.4, -0.2) is 29.1 Å². The van der Waals surface area contributed by atoms with Gasteiger partial charge in [-0.2, -0.15) is 0 Å². The third kappa shape index (κ3) is 2.48. The lowest BCUT2D eigenvalue weighted by molar-refractivity contribution is -0.139. The molecule has 3 heteroatoms. The van der Waals surface area contributed by atoms with Gasteiger partial charge in [-0.15, -0.1) is 12.3 Å². The smallest absolute Gasteiger partial charge is 0.312 e. The van der Waals surface area contributed by atoms with Crippen molar-refractivity contribution in [1.82, 2.24) is 4.90 Å². The van der Waals surface area contributed by atoms with Gasteiger partial charge in [-0.3, -0.25) is 9.69 Å². The number of hydrogen-bond acceptors (Lipinski definition) is 2. The van der Waals surface area contributed by atoms with E-state index in [1.165, 1.54) is 0 Å². The molecule has 17 heavy (non-hydrogen) atoms. The van der Waals surface area contributed by atoms with Crippen LogP contribution in [0.1, 0.15) is 23.5 Å². The number of aliphatic carboxylic acids is 1. The first kappa shape index (κ1) is 11.7. The Bertz CT molecular complexity index is 462. The van der Waals surface area contributed by atoms with E-state index < -0.39 is 11.9 Å². The molecule has 0 radical (unpaired) electrons. The Morgan fingerprint density at radius 3 is 3.00 bits per heavy atom. The van der Waals surface area contributed by atoms with Gasteiger partial charge in [0.1, 0.15) is 0 Å². The number of terminal acetylenes is 1. The Balaban J connectivity index is 2.24. The van der Waals surface area contributed by atoms with E-state index in [1.807, 2.05) is 24.3 Å². The molecule has 0 fully saturated rings. The predicted octanol–water partition coefficient (Wildman–Crippen LogP) is 1.69. The summed E-state index contributed by atoms with van der Waals surface area (Å²) in [5.41, 5.74) is 2.04. The lowest BCUT2D eigenvalue weighted by Crippen LogP contribution is -2.37. The molecule has 0 amide bonds. The normalized spacial score (nSPS) is 19.4. The zero-order valence-electron chi connectivity index (χ0n) is 9.60. The zero-order valence-corrected chi connectivity index (χ0v) is 9.60. The van der Waals surface area contributed by atoms with E-state index in [2.05, 4.69) is 10.8 Å². The average molecular weight is 229 g/mol. The van der Waals surface area contributed by atoms with Crippen molar-refractivity contribution in [2.75, 3.05) is 13.1 Å². The van der Waals surface area contributed by atoms with Crippen LogP contribution in [0.4, 0.5) is 0 Å². The van der Waals surface area contributed by atoms with Crippen molar-refractivity contribution < 1.29 is 9.90 Å². The molecule has 0 aromatic heterocycles. The first-order chi connectivity index (χ1) is 8.22. The van der Waals surface area contributed by atoms with Crippen molar-refractivity contribution in [3.8, 4) is 12.3 Å². The van der Waals surface area contributed by atoms with Crippen LogP contribution in [-0.2, 0) is 11.3 Å². The minimum Gasteiger partial charge on any atom is -0.481 e. The Kier molecular flexibility index (Phi) is 3.46. The van der Waals surface area contributed by atoms with Crippen LogP contribution in [0, 0.1) is 12.3 Å². The van der Waals surface area contributed by atoms with Gasteiger partial charge in [-0.05, 0) is 11.1 Å². The Labute approximate surface area is 101 Å². The second kappa shape index (κ2) is 5.03. The highest BCUT2D eigenvalue weighted by atomic mass is 16.4. The fraction of sp³-hybridized carbons (Fsp3) is 0.357. The number of carboxylic acids is 1. The average Bonchev–Trinajstić information content (AvgIpc) is 2.35. The summed E-state index contributed by atoms with van der Waals surface area (Å²) >= 11 is 0. The highest BCUT2D eigenvalue weighted by molar-refractivity contribution is 5.77. The quantitative estimate of drug-likeness (QED) is 0.802. The van der Waals surface area contributed by atoms with Gasteiger partial charge in [0.2, 0.25) is 0 Å². The molecular formula is C14H15NO2. The molecule has 88 valence electrons. The van der Waals surface area contributed by atoms with Gasteiger partial charge < -0.3 is 5.11 Å². The van der Waals surface area contributed by atoms with Gasteiger partial charge in [0, 0.05) is 26.1 Å². The van der Waals surface area contributed by atoms with Crippen molar-refractivity contribution >= 4 is 5.97 Å². The van der Waals surface area contributed by atoms with Crippen molar-refractivity contribution in [1.29, 1.82) is 0 Å². The summed E-state index contributed by atoms with van der Waals surface area (Å²) < 4.78 is 0. The monoisotopic (exact) mass is 229 g/mol. The summed E-state index contributed by atoms with van der Waals surface area (Å²) in [6.45, 7) is 2.10. The molecule has 0 spiro atoms. The number of hydrogen-bond donors (Lipinski definition) is 1. The minimum atomic E-state index is -0.761. The van der Waals surface area contributed by atoms with E-state index in [1.54, 1.807) is 0 Å². The lowest BCUT2D eigenvalue weighted by atomic mass is 9.90. The van der Waals surface area contributed by atoms with E-state index >= 15 is 0 Å². The van der Waals surface area contributed by atoms with E-state index in [4.69, 9.17) is 6.42 Å². The van der Waals surface area contributed by atoms with Crippen LogP contribution in [0.25, 0.3) is 0 Å². The Morgan fingerprint density at radius 2 is 2.29 bits per heavy atom. The maximum absolute atomic E-state index is 11.3. The van der Waals surface area contributed by atoms with Crippen molar-refractivity contribution in [2.45, 2.75) is 18.9 Å². The molecule has 1 atom stereocenters. The molecule has 0 saturated heterocycles. The fourth-order valence-corrected chi connectivity index (χ4v) is 2.28. The van der Waals surface area contributed by atoms with Gasteiger partial charge >= 0.3 is 5.97 Å². The third-order valence-electron chi connectivity index (χ3n) is 3.14. The molecule has 1 aromatic carbocycles. The Morgan fingerprint density at radius 1 is 1.53 bits per heavy atom. The number of rotatable bonds is 3. The molecule has 1 aliphatic heterocycles. The van der Waals surface area contributed by atoms with Gasteiger partial charge in [-0.25, -0.2) is 0 Å². The molecule has 2 rings (SSSR count). The molecular weight excluding hydrogens is 214 g/mol. The van der Waals surface area contributed by atoms with E-state index in [0.29, 0.717) is 13.0 Å². The molecule has 1 N–H and O–H groups in total. The maximum atomic E-state index is 11.3. The van der Waals surface area contributed by atoms with Gasteiger partial charge in [0.25, 0.3) is 0 Å². The number of nitrogens with zero attached hydrogens (tertiary/aromatic N) is 1. The van der Waals surface area contributed by atoms with E-state index in [-0.39, 0.29) is 0 Å². The standard InChI is InChI=1S/C14H15NO2/c1-2-3-8-15-9-11-6-4-5-7-12(11)13(10-15)14(16)17/h1,4-7,13H,3,8-10H2,(H,16,17). The molecule has 3 nitrogen and oxygen atoms in total. The summed E-state index contributed by atoms with van der Waals surface area (Å²) in [6.07, 6.45) is 5.90. The number of carbonyl (C=O) groups is 1. The molecule has 0 bridgehead atoms. The lowest BCUT2D eigenvalue weighted by Gasteiger charge is -2.32. The van der Waals surface area contributed by atoms with Gasteiger partial charge in [0.15, 0.2) is 0 Å². The second-order valence-electron chi connectivity index (χ2n) is 4.28. The maximum Gasteiger partial charge on any atom is 0.312 e. The van der Waals surface area contributed by atoms with Crippen molar-refractivity contribution in [3.63, 3.8) is 0 Å². The number of benzene rings is 1. The van der Waals surface area contributed by atoms with Crippen LogP contribution in [0.5, 0.6) is 0 Å². The van der Waals surface area contributed by atoms with Crippen LogP contribution in [0.15, 0.2) is 24.3 Å². The van der Waals surface area contributed by atoms with Gasteiger partial charge in [0.05, 0.1) is 5.92 Å². The molecule has 1 aromatic rings. The molecule has 1 aliphatic rings. The van der Waals surface area contributed by atoms with E-state index in [9.17, 15) is 9.90 Å². The van der Waals surface area contributed by atoms with Crippen LogP contribution >= 0.6 is 0 Å². The summed E-state index contributed by atoms with van der Waals surface area (Å²) in [4.78, 5) is 13.4. The van der Waals surface area contributed by atoms with Crippen LogP contribution in [0.3, 0.4) is 0 Å². The molecule has 1 heterocycles. The van der Waals surface area contributed by atoms with Crippen molar-refractivity contribution in [2.24, 2.45) is 0 Å². The second-order valence-corrected chi connectivity index (χ2v) is 4.28. The minimum absolute atomic E-state index is 0.433. The largest absolute Gasteiger partial charge is 0.481 e. The highest BCUT2D eigenvalue weighted by Gasteiger charge is 2.29. The molecule has 1 unspecified atom stereocenters. The van der Waals surface area contributed by atoms with E-state index in [0.717, 1.165) is 24.2 Å².